The Bertz CT molecular complexity index is 908. The highest BCUT2D eigenvalue weighted by molar-refractivity contribution is 6.03. The van der Waals surface area contributed by atoms with Gasteiger partial charge in [0.15, 0.2) is 0 Å². The van der Waals surface area contributed by atoms with Crippen molar-refractivity contribution in [2.75, 3.05) is 52.5 Å². The van der Waals surface area contributed by atoms with E-state index in [1.165, 1.54) is 180 Å². The molecule has 0 saturated heterocycles. The standard InChI is InChI=1S/C48H88N2O4/c1-5-9-11-13-15-17-19-21-23-25-27-29-31-35-39-49(7-3)41-43-53-47(51)45-37-33-34-38-46(45)48(52)54-44-42-50(8-4)40-36-32-30-28-26-24-22-20-18-16-14-12-10-6-2/h33-34,37-38H,5-32,35-36,39-44H2,1-4H3. The van der Waals surface area contributed by atoms with Crippen molar-refractivity contribution in [2.24, 2.45) is 0 Å². The highest BCUT2D eigenvalue weighted by Crippen LogP contribution is 2.16. The molecule has 0 unspecified atom stereocenters. The summed E-state index contributed by atoms with van der Waals surface area (Å²) in [6.07, 6.45) is 38.2. The van der Waals surface area contributed by atoms with E-state index in [4.69, 9.17) is 9.47 Å². The zero-order valence-electron chi connectivity index (χ0n) is 36.3. The van der Waals surface area contributed by atoms with E-state index in [9.17, 15) is 9.59 Å². The predicted molar refractivity (Wildman–Crippen MR) is 232 cm³/mol. The van der Waals surface area contributed by atoms with Gasteiger partial charge in [-0.25, -0.2) is 9.59 Å². The fourth-order valence-electron chi connectivity index (χ4n) is 7.45. The van der Waals surface area contributed by atoms with E-state index < -0.39 is 11.9 Å². The lowest BCUT2D eigenvalue weighted by atomic mass is 10.0. The van der Waals surface area contributed by atoms with Crippen molar-refractivity contribution in [1.82, 2.24) is 9.80 Å². The van der Waals surface area contributed by atoms with Crippen LogP contribution in [-0.2, 0) is 9.47 Å². The Morgan fingerprint density at radius 1 is 0.389 bits per heavy atom. The van der Waals surface area contributed by atoms with Gasteiger partial charge in [0, 0.05) is 13.1 Å². The molecule has 6 heteroatoms. The minimum absolute atomic E-state index is 0.285. The van der Waals surface area contributed by atoms with Crippen LogP contribution in [0.3, 0.4) is 0 Å². The summed E-state index contributed by atoms with van der Waals surface area (Å²) < 4.78 is 11.3. The van der Waals surface area contributed by atoms with Gasteiger partial charge >= 0.3 is 11.9 Å². The lowest BCUT2D eigenvalue weighted by Gasteiger charge is -2.20. The van der Waals surface area contributed by atoms with E-state index in [2.05, 4.69) is 37.5 Å². The van der Waals surface area contributed by atoms with Gasteiger partial charge in [0.2, 0.25) is 0 Å². The second-order valence-electron chi connectivity index (χ2n) is 15.9. The minimum Gasteiger partial charge on any atom is -0.461 e. The number of rotatable bonds is 40. The van der Waals surface area contributed by atoms with Crippen LogP contribution in [0.25, 0.3) is 0 Å². The normalized spacial score (nSPS) is 11.5. The van der Waals surface area contributed by atoms with Gasteiger partial charge in [-0.2, -0.15) is 0 Å². The van der Waals surface area contributed by atoms with Crippen molar-refractivity contribution in [1.29, 1.82) is 0 Å². The molecule has 0 aliphatic carbocycles. The molecule has 0 saturated carbocycles. The van der Waals surface area contributed by atoms with E-state index >= 15 is 0 Å². The van der Waals surface area contributed by atoms with Crippen molar-refractivity contribution in [3.8, 4) is 0 Å². The first-order valence-corrected chi connectivity index (χ1v) is 23.4. The minimum atomic E-state index is -0.455. The maximum atomic E-state index is 13.0. The van der Waals surface area contributed by atoms with Gasteiger partial charge in [-0.3, -0.25) is 0 Å². The first kappa shape index (κ1) is 50.1. The molecule has 314 valence electrons. The van der Waals surface area contributed by atoms with Crippen molar-refractivity contribution < 1.29 is 19.1 Å². The maximum absolute atomic E-state index is 13.0. The molecule has 0 spiro atoms. The third-order valence-electron chi connectivity index (χ3n) is 11.2. The molecule has 54 heavy (non-hydrogen) atoms. The van der Waals surface area contributed by atoms with Crippen LogP contribution in [0, 0.1) is 0 Å². The van der Waals surface area contributed by atoms with Crippen molar-refractivity contribution in [3.63, 3.8) is 0 Å². The fourth-order valence-corrected chi connectivity index (χ4v) is 7.45. The Morgan fingerprint density at radius 2 is 0.648 bits per heavy atom. The number of hydrogen-bond acceptors (Lipinski definition) is 6. The first-order chi connectivity index (χ1) is 26.6. The molecule has 0 heterocycles. The van der Waals surface area contributed by atoms with E-state index in [1.54, 1.807) is 24.3 Å². The topological polar surface area (TPSA) is 59.1 Å². The number of hydrogen-bond donors (Lipinski definition) is 0. The van der Waals surface area contributed by atoms with Crippen LogP contribution in [0.5, 0.6) is 0 Å². The summed E-state index contributed by atoms with van der Waals surface area (Å²) in [5.74, 6) is -0.911. The molecule has 1 rings (SSSR count). The van der Waals surface area contributed by atoms with Crippen molar-refractivity contribution in [3.05, 3.63) is 35.4 Å². The van der Waals surface area contributed by atoms with Gasteiger partial charge < -0.3 is 19.3 Å². The van der Waals surface area contributed by atoms with Crippen LogP contribution in [0.1, 0.15) is 228 Å². The van der Waals surface area contributed by atoms with Crippen LogP contribution in [0.15, 0.2) is 24.3 Å². The predicted octanol–water partition coefficient (Wildman–Crippen LogP) is 13.6. The SMILES string of the molecule is CCCCCCCCCCCCCCCCN(CC)CCOC(=O)c1ccccc1C(=O)OCCN(CC)CCCCCCCCCCCCCCCC. The number of benzene rings is 1. The van der Waals surface area contributed by atoms with E-state index in [1.807, 2.05) is 0 Å². The quantitative estimate of drug-likeness (QED) is 0.0491. The zero-order valence-corrected chi connectivity index (χ0v) is 36.3. The molecule has 0 radical (unpaired) electrons. The molecule has 0 bridgehead atoms. The molecule has 0 N–H and O–H groups in total. The van der Waals surface area contributed by atoms with E-state index in [-0.39, 0.29) is 11.1 Å². The summed E-state index contributed by atoms with van der Waals surface area (Å²) in [4.78, 5) is 30.7. The molecule has 0 atom stereocenters. The van der Waals surface area contributed by atoms with Gasteiger partial charge in [0.25, 0.3) is 0 Å². The summed E-state index contributed by atoms with van der Waals surface area (Å²) in [5, 5.41) is 0. The second-order valence-corrected chi connectivity index (χ2v) is 15.9. The van der Waals surface area contributed by atoms with Gasteiger partial charge in [-0.1, -0.05) is 207 Å². The average Bonchev–Trinajstić information content (AvgIpc) is 3.19. The largest absolute Gasteiger partial charge is 0.461 e. The summed E-state index contributed by atoms with van der Waals surface area (Å²) in [7, 11) is 0. The van der Waals surface area contributed by atoms with Crippen LogP contribution in [0.4, 0.5) is 0 Å². The Hall–Kier alpha value is -1.92. The molecule has 0 amide bonds. The average molecular weight is 757 g/mol. The number of unbranched alkanes of at least 4 members (excludes halogenated alkanes) is 26. The van der Waals surface area contributed by atoms with Crippen LogP contribution in [0.2, 0.25) is 0 Å². The lowest BCUT2D eigenvalue weighted by Crippen LogP contribution is -2.30. The fraction of sp³-hybridized carbons (Fsp3) is 0.833. The number of likely N-dealkylation sites (N-methyl/N-ethyl adjacent to an activating group) is 2. The Kier molecular flexibility index (Phi) is 35.2. The highest BCUT2D eigenvalue weighted by Gasteiger charge is 2.19. The molecular formula is C48H88N2O4. The maximum Gasteiger partial charge on any atom is 0.339 e. The monoisotopic (exact) mass is 757 g/mol. The summed E-state index contributed by atoms with van der Waals surface area (Å²) in [5.41, 5.74) is 0.569. The van der Waals surface area contributed by atoms with Crippen LogP contribution >= 0.6 is 0 Å². The molecule has 6 nitrogen and oxygen atoms in total. The van der Waals surface area contributed by atoms with Crippen LogP contribution in [-0.4, -0.2) is 74.2 Å². The lowest BCUT2D eigenvalue weighted by molar-refractivity contribution is 0.0417. The highest BCUT2D eigenvalue weighted by atomic mass is 16.5. The number of esters is 2. The molecule has 0 aliphatic heterocycles. The Balaban J connectivity index is 2.17. The Morgan fingerprint density at radius 3 is 0.907 bits per heavy atom. The number of carbonyl (C=O) groups excluding carboxylic acids is 2. The second kappa shape index (κ2) is 38.0. The summed E-state index contributed by atoms with van der Waals surface area (Å²) >= 11 is 0. The van der Waals surface area contributed by atoms with Gasteiger partial charge in [0.1, 0.15) is 13.2 Å². The first-order valence-electron chi connectivity index (χ1n) is 23.4. The molecule has 0 fully saturated rings. The molecule has 1 aromatic carbocycles. The van der Waals surface area contributed by atoms with Gasteiger partial charge in [-0.15, -0.1) is 0 Å². The van der Waals surface area contributed by atoms with E-state index in [0.29, 0.717) is 26.3 Å². The Labute approximate surface area is 335 Å². The number of nitrogens with zero attached hydrogens (tertiary/aromatic N) is 2. The third-order valence-corrected chi connectivity index (χ3v) is 11.2. The summed E-state index contributed by atoms with van der Waals surface area (Å²) in [6, 6.07) is 6.88. The van der Waals surface area contributed by atoms with Gasteiger partial charge in [-0.05, 0) is 51.2 Å². The third kappa shape index (κ3) is 28.5. The number of ether oxygens (including phenoxy) is 2. The molecular weight excluding hydrogens is 669 g/mol. The van der Waals surface area contributed by atoms with E-state index in [0.717, 1.165) is 26.2 Å². The molecule has 1 aromatic rings. The smallest absolute Gasteiger partial charge is 0.339 e. The summed E-state index contributed by atoms with van der Waals surface area (Å²) in [6.45, 7) is 14.9. The molecule has 0 aromatic heterocycles. The molecule has 0 aliphatic rings. The number of carbonyl (C=O) groups is 2. The van der Waals surface area contributed by atoms with Crippen LogP contribution < -0.4 is 0 Å². The van der Waals surface area contributed by atoms with Crippen molar-refractivity contribution >= 4 is 11.9 Å². The van der Waals surface area contributed by atoms with Gasteiger partial charge in [0.05, 0.1) is 11.1 Å². The van der Waals surface area contributed by atoms with Crippen molar-refractivity contribution in [2.45, 2.75) is 207 Å². The zero-order chi connectivity index (χ0) is 39.2.